The lowest BCUT2D eigenvalue weighted by atomic mass is 9.88. The number of hydrogen-bond donors (Lipinski definition) is 2. The molecular formula is C25H31N3O3. The molecule has 164 valence electrons. The van der Waals surface area contributed by atoms with Crippen LogP contribution < -0.4 is 10.6 Å². The summed E-state index contributed by atoms with van der Waals surface area (Å²) in [7, 11) is 0. The number of likely N-dealkylation sites (tertiary alicyclic amines) is 1. The van der Waals surface area contributed by atoms with Gasteiger partial charge in [-0.3, -0.25) is 14.4 Å². The summed E-state index contributed by atoms with van der Waals surface area (Å²) >= 11 is 0. The number of aryl methyl sites for hydroxylation is 1. The van der Waals surface area contributed by atoms with Gasteiger partial charge in [0.15, 0.2) is 0 Å². The van der Waals surface area contributed by atoms with E-state index in [1.807, 2.05) is 67.3 Å². The number of carbonyl (C=O) groups excluding carboxylic acids is 3. The van der Waals surface area contributed by atoms with E-state index in [4.69, 9.17) is 0 Å². The van der Waals surface area contributed by atoms with E-state index in [1.165, 1.54) is 0 Å². The maximum absolute atomic E-state index is 12.9. The van der Waals surface area contributed by atoms with E-state index in [2.05, 4.69) is 10.6 Å². The third-order valence-electron chi connectivity index (χ3n) is 5.72. The second kappa shape index (κ2) is 10.8. The fourth-order valence-corrected chi connectivity index (χ4v) is 3.97. The molecule has 3 amide bonds. The molecule has 2 N–H and O–H groups in total. The monoisotopic (exact) mass is 421 g/mol. The molecule has 1 aliphatic heterocycles. The number of piperidine rings is 1. The molecule has 31 heavy (non-hydrogen) atoms. The number of nitrogens with zero attached hydrogens (tertiary/aromatic N) is 1. The summed E-state index contributed by atoms with van der Waals surface area (Å²) in [5, 5.41) is 5.88. The van der Waals surface area contributed by atoms with Crippen molar-refractivity contribution in [2.45, 2.75) is 39.2 Å². The number of nitrogens with one attached hydrogen (secondary N) is 2. The largest absolute Gasteiger partial charge is 0.354 e. The Morgan fingerprint density at radius 3 is 2.32 bits per heavy atom. The number of hydrogen-bond acceptors (Lipinski definition) is 3. The molecule has 1 fully saturated rings. The van der Waals surface area contributed by atoms with Crippen molar-refractivity contribution < 1.29 is 14.4 Å². The molecule has 0 bridgehead atoms. The van der Waals surface area contributed by atoms with E-state index < -0.39 is 6.04 Å². The molecule has 1 atom stereocenters. The van der Waals surface area contributed by atoms with Crippen molar-refractivity contribution in [1.29, 1.82) is 0 Å². The van der Waals surface area contributed by atoms with Gasteiger partial charge in [-0.25, -0.2) is 0 Å². The number of carbonyl (C=O) groups is 3. The van der Waals surface area contributed by atoms with Crippen LogP contribution in [0.1, 0.15) is 52.5 Å². The zero-order valence-corrected chi connectivity index (χ0v) is 18.3. The van der Waals surface area contributed by atoms with Crippen molar-refractivity contribution in [2.24, 2.45) is 5.92 Å². The quantitative estimate of drug-likeness (QED) is 0.721. The van der Waals surface area contributed by atoms with E-state index in [9.17, 15) is 14.4 Å². The van der Waals surface area contributed by atoms with Gasteiger partial charge in [0.2, 0.25) is 5.91 Å². The summed E-state index contributed by atoms with van der Waals surface area (Å²) in [5.41, 5.74) is 2.21. The van der Waals surface area contributed by atoms with Crippen LogP contribution in [0.5, 0.6) is 0 Å². The molecule has 0 radical (unpaired) electrons. The summed E-state index contributed by atoms with van der Waals surface area (Å²) < 4.78 is 0. The van der Waals surface area contributed by atoms with Crippen LogP contribution in [0.15, 0.2) is 54.6 Å². The highest BCUT2D eigenvalue weighted by molar-refractivity contribution is 5.98. The van der Waals surface area contributed by atoms with E-state index in [0.29, 0.717) is 43.6 Å². The number of amides is 3. The van der Waals surface area contributed by atoms with Crippen molar-refractivity contribution >= 4 is 17.7 Å². The fraction of sp³-hybridized carbons (Fsp3) is 0.400. The molecule has 2 aromatic carbocycles. The molecule has 1 heterocycles. The van der Waals surface area contributed by atoms with Crippen molar-refractivity contribution in [3.8, 4) is 0 Å². The standard InChI is InChI=1S/C25H31N3O3/c1-3-14-26-24(30)22(27-23(29)21-11-7-8-18(2)17-21)19-12-15-28(16-13-19)25(31)20-9-5-4-6-10-20/h4-11,17,19,22H,3,12-16H2,1-2H3,(H,26,30)(H,27,29). The fourth-order valence-electron chi connectivity index (χ4n) is 3.97. The summed E-state index contributed by atoms with van der Waals surface area (Å²) in [5.74, 6) is -0.418. The lowest BCUT2D eigenvalue weighted by Gasteiger charge is -2.36. The van der Waals surface area contributed by atoms with E-state index >= 15 is 0 Å². The van der Waals surface area contributed by atoms with Gasteiger partial charge in [-0.15, -0.1) is 0 Å². The Morgan fingerprint density at radius 1 is 1.00 bits per heavy atom. The molecule has 6 heteroatoms. The molecule has 0 saturated carbocycles. The maximum Gasteiger partial charge on any atom is 0.253 e. The highest BCUT2D eigenvalue weighted by Gasteiger charge is 2.34. The summed E-state index contributed by atoms with van der Waals surface area (Å²) in [6, 6.07) is 16.0. The van der Waals surface area contributed by atoms with E-state index in [-0.39, 0.29) is 23.6 Å². The zero-order valence-electron chi connectivity index (χ0n) is 18.3. The molecule has 3 rings (SSSR count). The molecular weight excluding hydrogens is 390 g/mol. The van der Waals surface area contributed by atoms with Gasteiger partial charge in [-0.1, -0.05) is 42.8 Å². The minimum Gasteiger partial charge on any atom is -0.354 e. The minimum atomic E-state index is -0.617. The van der Waals surface area contributed by atoms with Gasteiger partial charge in [-0.2, -0.15) is 0 Å². The van der Waals surface area contributed by atoms with Crippen molar-refractivity contribution in [1.82, 2.24) is 15.5 Å². The van der Waals surface area contributed by atoms with Crippen LogP contribution in [0.25, 0.3) is 0 Å². The van der Waals surface area contributed by atoms with Gasteiger partial charge >= 0.3 is 0 Å². The first kappa shape index (κ1) is 22.5. The van der Waals surface area contributed by atoms with Crippen molar-refractivity contribution in [3.63, 3.8) is 0 Å². The van der Waals surface area contributed by atoms with Crippen LogP contribution in [0, 0.1) is 12.8 Å². The Morgan fingerprint density at radius 2 is 1.68 bits per heavy atom. The van der Waals surface area contributed by atoms with Crippen LogP contribution in [0.4, 0.5) is 0 Å². The second-order valence-corrected chi connectivity index (χ2v) is 8.11. The lowest BCUT2D eigenvalue weighted by molar-refractivity contribution is -0.124. The average molecular weight is 422 g/mol. The van der Waals surface area contributed by atoms with Crippen molar-refractivity contribution in [3.05, 3.63) is 71.3 Å². The van der Waals surface area contributed by atoms with Crippen LogP contribution in [0.2, 0.25) is 0 Å². The van der Waals surface area contributed by atoms with E-state index in [0.717, 1.165) is 12.0 Å². The molecule has 0 aromatic heterocycles. The molecule has 6 nitrogen and oxygen atoms in total. The molecule has 0 aliphatic carbocycles. The maximum atomic E-state index is 12.9. The Hall–Kier alpha value is -3.15. The number of benzene rings is 2. The summed E-state index contributed by atoms with van der Waals surface area (Å²) in [4.78, 5) is 40.2. The molecule has 1 aliphatic rings. The minimum absolute atomic E-state index is 0.00910. The predicted molar refractivity (Wildman–Crippen MR) is 121 cm³/mol. The highest BCUT2D eigenvalue weighted by Crippen LogP contribution is 2.23. The summed E-state index contributed by atoms with van der Waals surface area (Å²) in [6.07, 6.45) is 2.15. The van der Waals surface area contributed by atoms with Crippen molar-refractivity contribution in [2.75, 3.05) is 19.6 Å². The first-order chi connectivity index (χ1) is 15.0. The van der Waals surface area contributed by atoms with Crippen LogP contribution in [0.3, 0.4) is 0 Å². The first-order valence-corrected chi connectivity index (χ1v) is 11.0. The predicted octanol–water partition coefficient (Wildman–Crippen LogP) is 3.17. The van der Waals surface area contributed by atoms with Crippen LogP contribution >= 0.6 is 0 Å². The van der Waals surface area contributed by atoms with E-state index in [1.54, 1.807) is 6.07 Å². The molecule has 1 saturated heterocycles. The topological polar surface area (TPSA) is 78.5 Å². The Labute approximate surface area is 184 Å². The molecule has 0 spiro atoms. The first-order valence-electron chi connectivity index (χ1n) is 11.0. The smallest absolute Gasteiger partial charge is 0.253 e. The Bertz CT molecular complexity index is 905. The third kappa shape index (κ3) is 5.94. The number of rotatable bonds is 7. The zero-order chi connectivity index (χ0) is 22.2. The lowest BCUT2D eigenvalue weighted by Crippen LogP contribution is -2.54. The van der Waals surface area contributed by atoms with Gasteiger partial charge in [-0.05, 0) is 56.4 Å². The van der Waals surface area contributed by atoms with Gasteiger partial charge in [0.1, 0.15) is 6.04 Å². The van der Waals surface area contributed by atoms with Crippen LogP contribution in [-0.4, -0.2) is 48.3 Å². The van der Waals surface area contributed by atoms with Gasteiger partial charge in [0.05, 0.1) is 0 Å². The van der Waals surface area contributed by atoms with Gasteiger partial charge in [0, 0.05) is 30.8 Å². The Kier molecular flexibility index (Phi) is 7.82. The second-order valence-electron chi connectivity index (χ2n) is 8.11. The SMILES string of the molecule is CCCNC(=O)C(NC(=O)c1cccc(C)c1)C1CCN(C(=O)c2ccccc2)CC1. The normalized spacial score (nSPS) is 15.2. The average Bonchev–Trinajstić information content (AvgIpc) is 2.81. The van der Waals surface area contributed by atoms with Gasteiger partial charge < -0.3 is 15.5 Å². The Balaban J connectivity index is 1.67. The highest BCUT2D eigenvalue weighted by atomic mass is 16.2. The van der Waals surface area contributed by atoms with Crippen LogP contribution in [-0.2, 0) is 4.79 Å². The third-order valence-corrected chi connectivity index (χ3v) is 5.72. The molecule has 2 aromatic rings. The molecule has 1 unspecified atom stereocenters. The summed E-state index contributed by atoms with van der Waals surface area (Å²) in [6.45, 7) is 5.63. The van der Waals surface area contributed by atoms with Gasteiger partial charge in [0.25, 0.3) is 11.8 Å².